The van der Waals surface area contributed by atoms with Crippen molar-refractivity contribution in [2.75, 3.05) is 0 Å². The molecule has 4 rings (SSSR count). The Hall–Kier alpha value is -1.45. The van der Waals surface area contributed by atoms with Gasteiger partial charge in [0.1, 0.15) is 5.78 Å². The topological polar surface area (TPSA) is 46.5 Å². The predicted octanol–water partition coefficient (Wildman–Crippen LogP) is 4.91. The molecule has 3 aliphatic rings. The van der Waals surface area contributed by atoms with Crippen LogP contribution >= 0.6 is 23.2 Å². The van der Waals surface area contributed by atoms with E-state index in [1.165, 1.54) is 0 Å². The van der Waals surface area contributed by atoms with E-state index < -0.39 is 0 Å². The maximum Gasteiger partial charge on any atom is 0.161 e. The summed E-state index contributed by atoms with van der Waals surface area (Å²) in [6.07, 6.45) is 4.35. The summed E-state index contributed by atoms with van der Waals surface area (Å²) in [5.41, 5.74) is 3.31. The van der Waals surface area contributed by atoms with Gasteiger partial charge in [0.05, 0.1) is 5.92 Å². The molecule has 1 heterocycles. The van der Waals surface area contributed by atoms with E-state index in [9.17, 15) is 9.59 Å². The Morgan fingerprint density at radius 2 is 1.75 bits per heavy atom. The number of rotatable bonds is 1. The van der Waals surface area contributed by atoms with E-state index in [4.69, 9.17) is 28.2 Å². The number of benzene rings is 1. The number of aliphatic imine (C=N–C) groups is 1. The molecule has 0 saturated heterocycles. The third-order valence-electron chi connectivity index (χ3n) is 5.21. The number of ketones is 2. The van der Waals surface area contributed by atoms with Gasteiger partial charge in [0.15, 0.2) is 5.78 Å². The number of carbonyl (C=O) groups is 2. The largest absolute Gasteiger partial charge is 0.299 e. The van der Waals surface area contributed by atoms with Crippen LogP contribution in [-0.4, -0.2) is 17.3 Å². The van der Waals surface area contributed by atoms with Crippen LogP contribution in [0, 0.1) is 5.92 Å². The van der Waals surface area contributed by atoms with Crippen LogP contribution in [-0.2, 0) is 9.59 Å². The van der Waals surface area contributed by atoms with Crippen molar-refractivity contribution in [2.24, 2.45) is 10.9 Å². The van der Waals surface area contributed by atoms with Gasteiger partial charge in [-0.15, -0.1) is 0 Å². The maximum atomic E-state index is 12.7. The van der Waals surface area contributed by atoms with Gasteiger partial charge in [-0.05, 0) is 43.4 Å². The summed E-state index contributed by atoms with van der Waals surface area (Å²) in [5, 5.41) is 1.06. The molecule has 1 fully saturated rings. The zero-order chi connectivity index (χ0) is 16.8. The first-order chi connectivity index (χ1) is 11.6. The monoisotopic (exact) mass is 361 g/mol. The highest BCUT2D eigenvalue weighted by atomic mass is 35.5. The summed E-state index contributed by atoms with van der Waals surface area (Å²) in [6, 6.07) is 5.31. The SMILES string of the molecule is O=C1CCCC2=C1[C@@H](c1ccc(Cl)cc1Cl)C1C(=O)CCCC1=N2. The summed E-state index contributed by atoms with van der Waals surface area (Å²) >= 11 is 12.5. The molecule has 2 aliphatic carbocycles. The van der Waals surface area contributed by atoms with Gasteiger partial charge in [-0.25, -0.2) is 0 Å². The fourth-order valence-electron chi connectivity index (χ4n) is 4.19. The number of allylic oxidation sites excluding steroid dienone is 2. The molecule has 0 amide bonds. The molecular formula is C19H17Cl2NO2. The lowest BCUT2D eigenvalue weighted by Gasteiger charge is -2.38. The van der Waals surface area contributed by atoms with Crippen molar-refractivity contribution in [3.63, 3.8) is 0 Å². The van der Waals surface area contributed by atoms with E-state index in [-0.39, 0.29) is 23.4 Å². The fraction of sp³-hybridized carbons (Fsp3) is 0.421. The van der Waals surface area contributed by atoms with Crippen LogP contribution in [0.5, 0.6) is 0 Å². The quantitative estimate of drug-likeness (QED) is 0.713. The molecule has 1 aromatic rings. The summed E-state index contributed by atoms with van der Waals surface area (Å²) in [5.74, 6) is -0.384. The van der Waals surface area contributed by atoms with Crippen molar-refractivity contribution < 1.29 is 9.59 Å². The van der Waals surface area contributed by atoms with Gasteiger partial charge in [-0.2, -0.15) is 0 Å². The van der Waals surface area contributed by atoms with Crippen LogP contribution in [0.1, 0.15) is 50.0 Å². The van der Waals surface area contributed by atoms with Gasteiger partial charge in [-0.1, -0.05) is 29.3 Å². The second kappa shape index (κ2) is 6.12. The number of hydrogen-bond donors (Lipinski definition) is 0. The van der Waals surface area contributed by atoms with Crippen LogP contribution in [0.2, 0.25) is 10.0 Å². The molecular weight excluding hydrogens is 345 g/mol. The lowest BCUT2D eigenvalue weighted by Crippen LogP contribution is -2.39. The van der Waals surface area contributed by atoms with E-state index in [0.29, 0.717) is 28.5 Å². The second-order valence-corrected chi connectivity index (χ2v) is 7.52. The molecule has 124 valence electrons. The van der Waals surface area contributed by atoms with E-state index in [0.717, 1.165) is 42.7 Å². The molecule has 3 nitrogen and oxygen atoms in total. The molecule has 0 aromatic heterocycles. The third-order valence-corrected chi connectivity index (χ3v) is 5.77. The maximum absolute atomic E-state index is 12.7. The zero-order valence-corrected chi connectivity index (χ0v) is 14.7. The normalized spacial score (nSPS) is 26.8. The minimum atomic E-state index is -0.349. The van der Waals surface area contributed by atoms with Crippen molar-refractivity contribution in [1.29, 1.82) is 0 Å². The number of halogens is 2. The summed E-state index contributed by atoms with van der Waals surface area (Å²) < 4.78 is 0. The minimum Gasteiger partial charge on any atom is -0.299 e. The highest BCUT2D eigenvalue weighted by Crippen LogP contribution is 2.47. The van der Waals surface area contributed by atoms with E-state index >= 15 is 0 Å². The predicted molar refractivity (Wildman–Crippen MR) is 94.9 cm³/mol. The molecule has 0 bridgehead atoms. The summed E-state index contributed by atoms with van der Waals surface area (Å²) in [7, 11) is 0. The standard InChI is InChI=1S/C19H17Cl2NO2/c20-10-7-8-11(12(21)9-10)17-18-13(3-1-5-15(18)23)22-14-4-2-6-16(24)19(14)17/h7-9,17-18H,1-6H2/t17-,18?/m0/s1. The molecule has 1 saturated carbocycles. The lowest BCUT2D eigenvalue weighted by atomic mass is 9.67. The molecule has 1 unspecified atom stereocenters. The Morgan fingerprint density at radius 1 is 0.958 bits per heavy atom. The van der Waals surface area contributed by atoms with Crippen LogP contribution in [0.4, 0.5) is 0 Å². The fourth-order valence-corrected chi connectivity index (χ4v) is 4.71. The van der Waals surface area contributed by atoms with Gasteiger partial charge >= 0.3 is 0 Å². The first-order valence-corrected chi connectivity index (χ1v) is 9.13. The zero-order valence-electron chi connectivity index (χ0n) is 13.1. The smallest absolute Gasteiger partial charge is 0.161 e. The molecule has 1 aliphatic heterocycles. The molecule has 24 heavy (non-hydrogen) atoms. The van der Waals surface area contributed by atoms with E-state index in [1.807, 2.05) is 6.07 Å². The minimum absolute atomic E-state index is 0.105. The Kier molecular flexibility index (Phi) is 4.09. The summed E-state index contributed by atoms with van der Waals surface area (Å²) in [4.78, 5) is 30.1. The lowest BCUT2D eigenvalue weighted by molar-refractivity contribution is -0.122. The van der Waals surface area contributed by atoms with E-state index in [2.05, 4.69) is 0 Å². The molecule has 0 radical (unpaired) electrons. The Balaban J connectivity index is 1.93. The van der Waals surface area contributed by atoms with Gasteiger partial charge in [-0.3, -0.25) is 14.6 Å². The second-order valence-electron chi connectivity index (χ2n) is 6.68. The first kappa shape index (κ1) is 16.0. The van der Waals surface area contributed by atoms with Crippen molar-refractivity contribution in [3.05, 3.63) is 45.1 Å². The van der Waals surface area contributed by atoms with Crippen LogP contribution in [0.3, 0.4) is 0 Å². The Morgan fingerprint density at radius 3 is 2.54 bits per heavy atom. The summed E-state index contributed by atoms with van der Waals surface area (Å²) in [6.45, 7) is 0. The molecule has 5 heteroatoms. The number of Topliss-reactive ketones (excluding diaryl/α,β-unsaturated/α-hetero) is 2. The van der Waals surface area contributed by atoms with E-state index in [1.54, 1.807) is 12.1 Å². The van der Waals surface area contributed by atoms with Crippen LogP contribution in [0.15, 0.2) is 34.5 Å². The van der Waals surface area contributed by atoms with Crippen LogP contribution < -0.4 is 0 Å². The third kappa shape index (κ3) is 2.55. The number of nitrogens with zero attached hydrogens (tertiary/aromatic N) is 1. The number of hydrogen-bond acceptors (Lipinski definition) is 3. The average Bonchev–Trinajstić information content (AvgIpc) is 2.54. The number of fused-ring (bicyclic) bond motifs is 1. The highest BCUT2D eigenvalue weighted by Gasteiger charge is 2.44. The molecule has 1 aromatic carbocycles. The van der Waals surface area contributed by atoms with Crippen molar-refractivity contribution in [3.8, 4) is 0 Å². The molecule has 0 N–H and O–H groups in total. The molecule has 2 atom stereocenters. The average molecular weight is 362 g/mol. The van der Waals surface area contributed by atoms with Crippen molar-refractivity contribution >= 4 is 40.5 Å². The number of carbonyl (C=O) groups excluding carboxylic acids is 2. The van der Waals surface area contributed by atoms with Crippen LogP contribution in [0.25, 0.3) is 0 Å². The Labute approximate surface area is 150 Å². The first-order valence-electron chi connectivity index (χ1n) is 8.37. The van der Waals surface area contributed by atoms with Crippen molar-refractivity contribution in [1.82, 2.24) is 0 Å². The van der Waals surface area contributed by atoms with Gasteiger partial charge < -0.3 is 0 Å². The van der Waals surface area contributed by atoms with Gasteiger partial charge in [0.25, 0.3) is 0 Å². The van der Waals surface area contributed by atoms with Gasteiger partial charge in [0, 0.05) is 45.8 Å². The Bertz CT molecular complexity index is 810. The molecule has 0 spiro atoms. The van der Waals surface area contributed by atoms with Gasteiger partial charge in [0.2, 0.25) is 0 Å². The highest BCUT2D eigenvalue weighted by molar-refractivity contribution is 6.35. The van der Waals surface area contributed by atoms with Crippen molar-refractivity contribution in [2.45, 2.75) is 44.4 Å².